The Morgan fingerprint density at radius 1 is 0.923 bits per heavy atom. The smallest absolute Gasteiger partial charge is 0.174 e. The molecule has 0 radical (unpaired) electrons. The van der Waals surface area contributed by atoms with Crippen LogP contribution in [0.3, 0.4) is 0 Å². The number of fused-ring (bicyclic) bond motifs is 6. The predicted molar refractivity (Wildman–Crippen MR) is 102 cm³/mol. The fraction of sp³-hybridized carbons (Fsp3) is 1.00. The number of hydrogen-bond acceptors (Lipinski definition) is 5. The molecule has 0 aromatic heterocycles. The second kappa shape index (κ2) is 6.09. The van der Waals surface area contributed by atoms with Crippen LogP contribution < -0.4 is 0 Å². The van der Waals surface area contributed by atoms with Gasteiger partial charge in [0, 0.05) is 11.8 Å². The van der Waals surface area contributed by atoms with Crippen LogP contribution in [0.25, 0.3) is 0 Å². The number of ether oxygens (including phenoxy) is 2. The van der Waals surface area contributed by atoms with Crippen LogP contribution in [-0.4, -0.2) is 36.3 Å². The van der Waals surface area contributed by atoms with Crippen LogP contribution in [-0.2, 0) is 13.7 Å². The van der Waals surface area contributed by atoms with E-state index in [2.05, 4.69) is 26.8 Å². The maximum absolute atomic E-state index is 11.1. The van der Waals surface area contributed by atoms with Gasteiger partial charge in [-0.3, -0.25) is 0 Å². The van der Waals surface area contributed by atoms with Gasteiger partial charge in [-0.25, -0.2) is 0 Å². The van der Waals surface area contributed by atoms with E-state index in [1.54, 1.807) is 0 Å². The second-order valence-corrected chi connectivity index (χ2v) is 10.4. The highest BCUT2D eigenvalue weighted by Crippen LogP contribution is 2.69. The van der Waals surface area contributed by atoms with Gasteiger partial charge in [-0.1, -0.05) is 13.8 Å². The van der Waals surface area contributed by atoms with E-state index in [0.717, 1.165) is 45.3 Å². The molecule has 5 heteroatoms. The molecule has 1 heterocycles. The predicted octanol–water partition coefficient (Wildman–Crippen LogP) is 3.97. The number of hydrogen-bond donors (Lipinski definition) is 2. The summed E-state index contributed by atoms with van der Waals surface area (Å²) in [7, 11) is 0. The lowest BCUT2D eigenvalue weighted by atomic mass is 9.44. The summed E-state index contributed by atoms with van der Waals surface area (Å²) in [6, 6.07) is 0. The largest absolute Gasteiger partial charge is 0.393 e. The van der Waals surface area contributed by atoms with Crippen molar-refractivity contribution in [2.24, 2.45) is 34.5 Å². The van der Waals surface area contributed by atoms with E-state index in [9.17, 15) is 5.11 Å². The van der Waals surface area contributed by atoms with Crippen LogP contribution in [0.15, 0.2) is 0 Å². The SMILES string of the molecule is C[C@]12CC[C@H](OS)C[C@@H]1C(O)C[C@@H]1[C@@H]2CC[C@@]2(C)[C@H]1CCC21OCCO1. The van der Waals surface area contributed by atoms with Crippen molar-refractivity contribution in [1.82, 2.24) is 0 Å². The monoisotopic (exact) mass is 382 g/mol. The molecule has 0 bridgehead atoms. The molecular weight excluding hydrogens is 348 g/mol. The summed E-state index contributed by atoms with van der Waals surface area (Å²) in [4.78, 5) is 0. The van der Waals surface area contributed by atoms with E-state index >= 15 is 0 Å². The number of thiol groups is 1. The van der Waals surface area contributed by atoms with Gasteiger partial charge >= 0.3 is 0 Å². The van der Waals surface area contributed by atoms with E-state index in [4.69, 9.17) is 13.7 Å². The van der Waals surface area contributed by atoms with Crippen LogP contribution in [0.5, 0.6) is 0 Å². The van der Waals surface area contributed by atoms with Crippen molar-refractivity contribution in [2.75, 3.05) is 13.2 Å². The zero-order chi connectivity index (χ0) is 18.2. The van der Waals surface area contributed by atoms with Gasteiger partial charge in [-0.05, 0) is 86.9 Å². The van der Waals surface area contributed by atoms with Crippen molar-refractivity contribution in [3.63, 3.8) is 0 Å². The highest BCUT2D eigenvalue weighted by atomic mass is 32.1. The first-order valence-corrected chi connectivity index (χ1v) is 11.1. The Balaban J connectivity index is 1.45. The van der Waals surface area contributed by atoms with Gasteiger partial charge < -0.3 is 18.8 Å². The zero-order valence-electron chi connectivity index (χ0n) is 16.2. The standard InChI is InChI=1S/C21H34O4S/c1-19-6-3-13(25-26)11-17(19)18(22)12-14-15(19)4-7-20(2)16(14)5-8-21(20)23-9-10-24-21/h13-18,22,26H,3-12H2,1-2H3/t13-,14+,15-,16-,17+,18?,19+,20-/m0/s1. The number of aliphatic hydroxyl groups is 1. The first kappa shape index (κ1) is 18.2. The number of rotatable bonds is 1. The molecule has 5 fully saturated rings. The molecule has 0 aromatic rings. The van der Waals surface area contributed by atoms with Crippen LogP contribution in [0.4, 0.5) is 0 Å². The molecule has 8 atom stereocenters. The average molecular weight is 383 g/mol. The minimum atomic E-state index is -0.344. The van der Waals surface area contributed by atoms with Gasteiger partial charge in [0.05, 0.1) is 25.4 Å². The van der Waals surface area contributed by atoms with Crippen LogP contribution in [0.1, 0.15) is 65.2 Å². The Morgan fingerprint density at radius 3 is 2.38 bits per heavy atom. The first-order chi connectivity index (χ1) is 12.4. The topological polar surface area (TPSA) is 47.9 Å². The van der Waals surface area contributed by atoms with E-state index in [0.29, 0.717) is 23.7 Å². The molecule has 1 spiro atoms. The maximum atomic E-state index is 11.1. The van der Waals surface area contributed by atoms with Crippen molar-refractivity contribution >= 4 is 12.9 Å². The Labute approximate surface area is 163 Å². The summed E-state index contributed by atoms with van der Waals surface area (Å²) < 4.78 is 17.8. The number of aliphatic hydroxyl groups excluding tert-OH is 1. The molecule has 5 aliphatic rings. The van der Waals surface area contributed by atoms with Crippen molar-refractivity contribution in [3.05, 3.63) is 0 Å². The molecule has 5 rings (SSSR count). The molecule has 0 amide bonds. The van der Waals surface area contributed by atoms with E-state index in [1.807, 2.05) is 0 Å². The average Bonchev–Trinajstić information content (AvgIpc) is 3.22. The second-order valence-electron chi connectivity index (χ2n) is 10.2. The van der Waals surface area contributed by atoms with Gasteiger partial charge in [-0.2, -0.15) is 0 Å². The van der Waals surface area contributed by atoms with Gasteiger partial charge in [-0.15, -0.1) is 0 Å². The zero-order valence-corrected chi connectivity index (χ0v) is 17.0. The van der Waals surface area contributed by atoms with E-state index in [-0.39, 0.29) is 28.8 Å². The van der Waals surface area contributed by atoms with Crippen molar-refractivity contribution in [3.8, 4) is 0 Å². The third kappa shape index (κ3) is 2.24. The quantitative estimate of drug-likeness (QED) is 0.532. The first-order valence-electron chi connectivity index (χ1n) is 10.7. The molecule has 4 aliphatic carbocycles. The summed E-state index contributed by atoms with van der Waals surface area (Å²) in [5, 5.41) is 11.1. The van der Waals surface area contributed by atoms with Crippen LogP contribution in [0.2, 0.25) is 0 Å². The lowest BCUT2D eigenvalue weighted by Gasteiger charge is -2.62. The fourth-order valence-electron chi connectivity index (χ4n) is 8.24. The summed E-state index contributed by atoms with van der Waals surface area (Å²) in [5.41, 5.74) is 0.346. The lowest BCUT2D eigenvalue weighted by molar-refractivity contribution is -0.253. The molecule has 1 N–H and O–H groups in total. The van der Waals surface area contributed by atoms with Crippen molar-refractivity contribution < 1.29 is 18.8 Å². The lowest BCUT2D eigenvalue weighted by Crippen LogP contribution is -2.60. The Kier molecular flexibility index (Phi) is 4.27. The molecule has 4 nitrogen and oxygen atoms in total. The molecule has 1 unspecified atom stereocenters. The van der Waals surface area contributed by atoms with Gasteiger partial charge in [0.25, 0.3) is 0 Å². The third-order valence-electron chi connectivity index (χ3n) is 9.58. The fourth-order valence-corrected chi connectivity index (χ4v) is 8.44. The highest BCUT2D eigenvalue weighted by Gasteiger charge is 2.68. The van der Waals surface area contributed by atoms with Gasteiger partial charge in [0.15, 0.2) is 5.79 Å². The third-order valence-corrected chi connectivity index (χ3v) is 9.88. The van der Waals surface area contributed by atoms with Crippen molar-refractivity contribution in [1.29, 1.82) is 0 Å². The van der Waals surface area contributed by atoms with Crippen molar-refractivity contribution in [2.45, 2.75) is 83.2 Å². The normalized spacial score (nSPS) is 55.4. The molecule has 1 saturated heterocycles. The minimum Gasteiger partial charge on any atom is -0.393 e. The summed E-state index contributed by atoms with van der Waals surface area (Å²) in [6.45, 7) is 6.36. The Bertz CT molecular complexity index is 564. The molecular formula is C21H34O4S. The van der Waals surface area contributed by atoms with E-state index in [1.165, 1.54) is 19.3 Å². The molecule has 1 aliphatic heterocycles. The highest BCUT2D eigenvalue weighted by molar-refractivity contribution is 7.75. The molecule has 148 valence electrons. The molecule has 0 aromatic carbocycles. The van der Waals surface area contributed by atoms with Gasteiger partial charge in [0.2, 0.25) is 0 Å². The summed E-state index contributed by atoms with van der Waals surface area (Å²) in [6.07, 6.45) is 8.79. The van der Waals surface area contributed by atoms with E-state index < -0.39 is 0 Å². The summed E-state index contributed by atoms with van der Waals surface area (Å²) in [5.74, 6) is 1.94. The Hall–Kier alpha value is 0.190. The van der Waals surface area contributed by atoms with Crippen LogP contribution >= 0.6 is 12.9 Å². The molecule has 4 saturated carbocycles. The Morgan fingerprint density at radius 2 is 1.65 bits per heavy atom. The molecule has 26 heavy (non-hydrogen) atoms. The van der Waals surface area contributed by atoms with Crippen LogP contribution in [0, 0.1) is 34.5 Å². The minimum absolute atomic E-state index is 0.110. The summed E-state index contributed by atoms with van der Waals surface area (Å²) >= 11 is 4.07. The van der Waals surface area contributed by atoms with Gasteiger partial charge in [0.1, 0.15) is 0 Å². The maximum Gasteiger partial charge on any atom is 0.174 e.